The number of Topliss-reactive ketones (excluding diaryl/α,β-unsaturated/α-hetero) is 1. The Labute approximate surface area is 190 Å². The highest BCUT2D eigenvalue weighted by atomic mass is 19.4. The third-order valence-electron chi connectivity index (χ3n) is 6.66. The second kappa shape index (κ2) is 9.67. The van der Waals surface area contributed by atoms with Gasteiger partial charge in [-0.2, -0.15) is 18.3 Å². The number of methoxy groups -OCH3 is 1. The van der Waals surface area contributed by atoms with E-state index in [0.29, 0.717) is 25.3 Å². The molecule has 1 aromatic heterocycles. The zero-order valence-electron chi connectivity index (χ0n) is 18.6. The van der Waals surface area contributed by atoms with E-state index in [1.165, 1.54) is 17.0 Å². The Morgan fingerprint density at radius 3 is 2.70 bits per heavy atom. The number of halogens is 3. The first-order valence-electron chi connectivity index (χ1n) is 11.3. The van der Waals surface area contributed by atoms with Crippen LogP contribution in [0.5, 0.6) is 0 Å². The number of alkyl halides is 3. The van der Waals surface area contributed by atoms with Crippen molar-refractivity contribution in [1.29, 1.82) is 0 Å². The molecule has 1 fully saturated rings. The van der Waals surface area contributed by atoms with Crippen LogP contribution in [0.25, 0.3) is 0 Å². The van der Waals surface area contributed by atoms with Crippen molar-refractivity contribution in [2.24, 2.45) is 5.92 Å². The average Bonchev–Trinajstić information content (AvgIpc) is 3.51. The Hall–Kier alpha value is -2.68. The second-order valence-corrected chi connectivity index (χ2v) is 8.87. The van der Waals surface area contributed by atoms with Gasteiger partial charge in [0.2, 0.25) is 0 Å². The van der Waals surface area contributed by atoms with Crippen molar-refractivity contribution in [1.82, 2.24) is 14.7 Å². The molecule has 1 aliphatic carbocycles. The Balaban J connectivity index is 1.57. The summed E-state index contributed by atoms with van der Waals surface area (Å²) in [4.78, 5) is 27.9. The molecule has 0 radical (unpaired) electrons. The topological polar surface area (TPSA) is 64.4 Å². The number of amides is 1. The van der Waals surface area contributed by atoms with Crippen molar-refractivity contribution in [3.63, 3.8) is 0 Å². The first-order valence-corrected chi connectivity index (χ1v) is 11.3. The summed E-state index contributed by atoms with van der Waals surface area (Å²) in [5, 5.41) is 4.40. The van der Waals surface area contributed by atoms with Gasteiger partial charge >= 0.3 is 6.18 Å². The molecular formula is C24H28F3N3O3. The number of carbonyl (C=O) groups excluding carboxylic acids is 2. The summed E-state index contributed by atoms with van der Waals surface area (Å²) >= 11 is 0. The van der Waals surface area contributed by atoms with Crippen molar-refractivity contribution in [2.45, 2.75) is 63.8 Å². The van der Waals surface area contributed by atoms with Crippen LogP contribution in [0.2, 0.25) is 0 Å². The van der Waals surface area contributed by atoms with E-state index in [1.54, 1.807) is 24.1 Å². The normalized spacial score (nSPS) is 17.6. The molecule has 0 unspecified atom stereocenters. The lowest BCUT2D eigenvalue weighted by molar-refractivity contribution is -0.138. The predicted octanol–water partition coefficient (Wildman–Crippen LogP) is 4.26. The first-order chi connectivity index (χ1) is 15.8. The minimum atomic E-state index is -4.55. The molecule has 0 N–H and O–H groups in total. The van der Waals surface area contributed by atoms with Gasteiger partial charge in [0.05, 0.1) is 36.9 Å². The fourth-order valence-electron chi connectivity index (χ4n) is 4.97. The average molecular weight is 464 g/mol. The highest BCUT2D eigenvalue weighted by Gasteiger charge is 2.43. The molecule has 0 bridgehead atoms. The number of carbonyl (C=O) groups is 2. The van der Waals surface area contributed by atoms with Gasteiger partial charge in [0, 0.05) is 25.4 Å². The summed E-state index contributed by atoms with van der Waals surface area (Å²) in [6.45, 7) is 0.840. The van der Waals surface area contributed by atoms with Gasteiger partial charge in [-0.05, 0) is 36.1 Å². The van der Waals surface area contributed by atoms with E-state index < -0.39 is 23.7 Å². The highest BCUT2D eigenvalue weighted by Crippen LogP contribution is 2.39. The third kappa shape index (κ3) is 5.13. The fourth-order valence-corrected chi connectivity index (χ4v) is 4.97. The van der Waals surface area contributed by atoms with Crippen LogP contribution >= 0.6 is 0 Å². The number of benzene rings is 1. The molecule has 2 aliphatic rings. The number of hydrogen-bond donors (Lipinski definition) is 0. The molecule has 2 heterocycles. The van der Waals surface area contributed by atoms with Crippen LogP contribution in [0.1, 0.15) is 59.3 Å². The molecule has 0 spiro atoms. The van der Waals surface area contributed by atoms with Crippen molar-refractivity contribution in [3.8, 4) is 0 Å². The van der Waals surface area contributed by atoms with Gasteiger partial charge < -0.3 is 9.64 Å². The van der Waals surface area contributed by atoms with E-state index >= 15 is 0 Å². The van der Waals surface area contributed by atoms with Crippen LogP contribution in [-0.4, -0.2) is 46.1 Å². The van der Waals surface area contributed by atoms with E-state index in [4.69, 9.17) is 4.74 Å². The van der Waals surface area contributed by atoms with Crippen molar-refractivity contribution in [3.05, 3.63) is 52.8 Å². The molecule has 4 rings (SSSR count). The first kappa shape index (κ1) is 23.5. The van der Waals surface area contributed by atoms with Crippen LogP contribution < -0.4 is 0 Å². The number of aromatic nitrogens is 2. The Bertz CT molecular complexity index is 1010. The van der Waals surface area contributed by atoms with E-state index in [0.717, 1.165) is 31.7 Å². The van der Waals surface area contributed by atoms with Gasteiger partial charge in [-0.25, -0.2) is 0 Å². The molecule has 0 saturated heterocycles. The molecule has 178 valence electrons. The lowest BCUT2D eigenvalue weighted by atomic mass is 9.93. The van der Waals surface area contributed by atoms with Crippen LogP contribution in [0.3, 0.4) is 0 Å². The van der Waals surface area contributed by atoms with Crippen molar-refractivity contribution < 1.29 is 27.5 Å². The molecule has 2 aromatic rings. The third-order valence-corrected chi connectivity index (χ3v) is 6.66. The van der Waals surface area contributed by atoms with Gasteiger partial charge in [0.15, 0.2) is 5.78 Å². The number of rotatable bonds is 9. The summed E-state index contributed by atoms with van der Waals surface area (Å²) < 4.78 is 47.4. The summed E-state index contributed by atoms with van der Waals surface area (Å²) in [7, 11) is 1.59. The number of ketones is 1. The Morgan fingerprint density at radius 1 is 1.24 bits per heavy atom. The lowest BCUT2D eigenvalue weighted by Crippen LogP contribution is -2.43. The lowest BCUT2D eigenvalue weighted by Gasteiger charge is -2.29. The molecule has 1 saturated carbocycles. The predicted molar refractivity (Wildman–Crippen MR) is 114 cm³/mol. The van der Waals surface area contributed by atoms with Crippen LogP contribution in [-0.2, 0) is 35.2 Å². The molecule has 9 heteroatoms. The zero-order valence-corrected chi connectivity index (χ0v) is 18.6. The molecule has 1 aromatic carbocycles. The van der Waals surface area contributed by atoms with Crippen molar-refractivity contribution in [2.75, 3.05) is 13.7 Å². The van der Waals surface area contributed by atoms with Crippen molar-refractivity contribution >= 4 is 11.7 Å². The SMILES string of the molecule is COCCn1ccc(CC(=O)[C@H](CC2CCCC2)N2Cc3c(cccc3C(F)(F)F)C2=O)n1. The summed E-state index contributed by atoms with van der Waals surface area (Å²) in [6.07, 6.45) is 1.80. The van der Waals surface area contributed by atoms with E-state index in [-0.39, 0.29) is 35.8 Å². The molecular weight excluding hydrogens is 435 g/mol. The van der Waals surface area contributed by atoms with Gasteiger partial charge in [0.25, 0.3) is 5.91 Å². The molecule has 1 atom stereocenters. The largest absolute Gasteiger partial charge is 0.416 e. The second-order valence-electron chi connectivity index (χ2n) is 8.87. The summed E-state index contributed by atoms with van der Waals surface area (Å²) in [5.74, 6) is -0.400. The molecule has 33 heavy (non-hydrogen) atoms. The maximum Gasteiger partial charge on any atom is 0.416 e. The van der Waals surface area contributed by atoms with Gasteiger partial charge in [-0.15, -0.1) is 0 Å². The maximum atomic E-state index is 13.5. The monoisotopic (exact) mass is 463 g/mol. The van der Waals surface area contributed by atoms with Gasteiger partial charge in [-0.1, -0.05) is 31.7 Å². The molecule has 6 nitrogen and oxygen atoms in total. The summed E-state index contributed by atoms with van der Waals surface area (Å²) in [5.41, 5.74) is -0.228. The summed E-state index contributed by atoms with van der Waals surface area (Å²) in [6, 6.07) is 4.65. The van der Waals surface area contributed by atoms with E-state index in [9.17, 15) is 22.8 Å². The highest BCUT2D eigenvalue weighted by molar-refractivity contribution is 6.02. The Morgan fingerprint density at radius 2 is 2.00 bits per heavy atom. The maximum absolute atomic E-state index is 13.5. The molecule has 1 aliphatic heterocycles. The quantitative estimate of drug-likeness (QED) is 0.557. The molecule has 1 amide bonds. The standard InChI is InChI=1S/C24H28F3N3O3/c1-33-12-11-29-10-9-17(28-29)14-22(31)21(13-16-5-2-3-6-16)30-15-19-18(23(30)32)7-4-8-20(19)24(25,26)27/h4,7-10,16,21H,2-3,5-6,11-15H2,1H3/t21-/m0/s1. The van der Waals surface area contributed by atoms with Crippen LogP contribution in [0.4, 0.5) is 13.2 Å². The number of ether oxygens (including phenoxy) is 1. The van der Waals surface area contributed by atoms with E-state index in [2.05, 4.69) is 5.10 Å². The fraction of sp³-hybridized carbons (Fsp3) is 0.542. The smallest absolute Gasteiger partial charge is 0.383 e. The van der Waals surface area contributed by atoms with Gasteiger partial charge in [-0.3, -0.25) is 14.3 Å². The van der Waals surface area contributed by atoms with E-state index in [1.807, 2.05) is 0 Å². The van der Waals surface area contributed by atoms with Crippen LogP contribution in [0.15, 0.2) is 30.5 Å². The number of fused-ring (bicyclic) bond motifs is 1. The number of nitrogens with zero attached hydrogens (tertiary/aromatic N) is 3. The minimum absolute atomic E-state index is 0.0314. The minimum Gasteiger partial charge on any atom is -0.383 e. The zero-order chi connectivity index (χ0) is 23.6. The van der Waals surface area contributed by atoms with Crippen LogP contribution in [0, 0.1) is 5.92 Å². The Kier molecular flexibility index (Phi) is 6.88. The number of hydrogen-bond acceptors (Lipinski definition) is 4. The van der Waals surface area contributed by atoms with Gasteiger partial charge in [0.1, 0.15) is 0 Å².